The number of hydrogen-bond acceptors (Lipinski definition) is 10. The third kappa shape index (κ3) is 2.53. The lowest BCUT2D eigenvalue weighted by Crippen LogP contribution is -2.77. The average Bonchev–Trinajstić information content (AvgIpc) is 3.30. The minimum absolute atomic E-state index is 0.0751. The van der Waals surface area contributed by atoms with Crippen LogP contribution >= 0.6 is 0 Å². The molecule has 10 nitrogen and oxygen atoms in total. The zero-order valence-electron chi connectivity index (χ0n) is 22.2. The lowest BCUT2D eigenvalue weighted by atomic mass is 9.36. The number of aliphatic hydroxyl groups excluding tert-OH is 1. The summed E-state index contributed by atoms with van der Waals surface area (Å²) in [5.74, 6) is -2.08. The van der Waals surface area contributed by atoms with E-state index < -0.39 is 75.8 Å². The van der Waals surface area contributed by atoms with E-state index in [1.54, 1.807) is 18.6 Å². The summed E-state index contributed by atoms with van der Waals surface area (Å²) in [6.07, 6.45) is 0.326. The molecule has 0 radical (unpaired) electrons. The Kier molecular flexibility index (Phi) is 4.66. The normalized spacial score (nSPS) is 51.8. The standard InChI is InChI=1S/C28H34O10/c1-13(29)35-21-18(31)19-24(2,3)37-16-10-17(30)34-12-27(16,19)15-6-8-25(4)20(14-7-9-33-11-14)36-23(32)22-28(25,38-22)26(15,21)5/h7,9,11,15-16,18-22,31H,6,8,10,12H2,1-5H3. The molecule has 1 aromatic rings. The largest absolute Gasteiger partial charge is 0.472 e. The van der Waals surface area contributed by atoms with Crippen LogP contribution in [0.25, 0.3) is 0 Å². The van der Waals surface area contributed by atoms with Gasteiger partial charge in [-0.25, -0.2) is 4.79 Å². The van der Waals surface area contributed by atoms with Crippen LogP contribution in [0.4, 0.5) is 0 Å². The van der Waals surface area contributed by atoms with Gasteiger partial charge in [0.25, 0.3) is 0 Å². The minimum atomic E-state index is -1.15. The van der Waals surface area contributed by atoms with E-state index >= 15 is 0 Å². The Morgan fingerprint density at radius 2 is 1.89 bits per heavy atom. The van der Waals surface area contributed by atoms with Crippen LogP contribution in [0.3, 0.4) is 0 Å². The van der Waals surface area contributed by atoms with Gasteiger partial charge in [-0.15, -0.1) is 0 Å². The van der Waals surface area contributed by atoms with Crippen molar-refractivity contribution in [3.8, 4) is 0 Å². The van der Waals surface area contributed by atoms with Gasteiger partial charge < -0.3 is 33.2 Å². The van der Waals surface area contributed by atoms with E-state index in [-0.39, 0.29) is 24.9 Å². The highest BCUT2D eigenvalue weighted by molar-refractivity contribution is 5.82. The van der Waals surface area contributed by atoms with Crippen molar-refractivity contribution < 1.29 is 47.6 Å². The molecular formula is C28H34O10. The number of carbonyl (C=O) groups excluding carboxylic acids is 3. The van der Waals surface area contributed by atoms with Crippen LogP contribution in [0.15, 0.2) is 23.0 Å². The number of hydrogen-bond donors (Lipinski definition) is 1. The average molecular weight is 531 g/mol. The summed E-state index contributed by atoms with van der Waals surface area (Å²) in [6, 6.07) is 1.78. The van der Waals surface area contributed by atoms with Crippen LogP contribution in [0, 0.1) is 28.1 Å². The van der Waals surface area contributed by atoms with E-state index in [0.717, 1.165) is 5.56 Å². The molecule has 206 valence electrons. The number of carbonyl (C=O) groups is 3. The molecule has 38 heavy (non-hydrogen) atoms. The van der Waals surface area contributed by atoms with Crippen molar-refractivity contribution in [3.05, 3.63) is 24.2 Å². The first-order valence-electron chi connectivity index (χ1n) is 13.4. The molecule has 6 fully saturated rings. The Labute approximate surface area is 220 Å². The Morgan fingerprint density at radius 3 is 2.58 bits per heavy atom. The van der Waals surface area contributed by atoms with E-state index in [4.69, 9.17) is 28.1 Å². The Bertz CT molecular complexity index is 1220. The highest BCUT2D eigenvalue weighted by Gasteiger charge is 2.91. The number of fused-ring (bicyclic) bond motifs is 1. The van der Waals surface area contributed by atoms with Crippen molar-refractivity contribution in [1.29, 1.82) is 0 Å². The zero-order valence-corrected chi connectivity index (χ0v) is 22.2. The molecule has 1 N–H and O–H groups in total. The van der Waals surface area contributed by atoms with Gasteiger partial charge in [-0.2, -0.15) is 0 Å². The summed E-state index contributed by atoms with van der Waals surface area (Å²) in [5, 5.41) is 12.2. The summed E-state index contributed by atoms with van der Waals surface area (Å²) in [4.78, 5) is 38.4. The maximum Gasteiger partial charge on any atom is 0.339 e. The molecule has 1 aromatic heterocycles. The van der Waals surface area contributed by atoms with Crippen molar-refractivity contribution in [2.75, 3.05) is 6.61 Å². The van der Waals surface area contributed by atoms with Crippen LogP contribution in [-0.4, -0.2) is 65.2 Å². The van der Waals surface area contributed by atoms with Gasteiger partial charge in [0.1, 0.15) is 24.4 Å². The van der Waals surface area contributed by atoms with Gasteiger partial charge in [0.2, 0.25) is 0 Å². The highest BCUT2D eigenvalue weighted by Crippen LogP contribution is 2.80. The lowest BCUT2D eigenvalue weighted by molar-refractivity contribution is -0.291. The number of ether oxygens (including phenoxy) is 5. The maximum atomic E-state index is 13.4. The van der Waals surface area contributed by atoms with Crippen molar-refractivity contribution in [1.82, 2.24) is 0 Å². The van der Waals surface area contributed by atoms with Gasteiger partial charge in [-0.3, -0.25) is 9.59 Å². The smallest absolute Gasteiger partial charge is 0.339 e. The zero-order chi connectivity index (χ0) is 27.0. The van der Waals surface area contributed by atoms with Crippen molar-refractivity contribution in [3.63, 3.8) is 0 Å². The summed E-state index contributed by atoms with van der Waals surface area (Å²) in [7, 11) is 0. The molecule has 2 spiro atoms. The molecule has 0 amide bonds. The maximum absolute atomic E-state index is 13.4. The predicted molar refractivity (Wildman–Crippen MR) is 126 cm³/mol. The monoisotopic (exact) mass is 530 g/mol. The molecule has 4 aliphatic heterocycles. The fourth-order valence-electron chi connectivity index (χ4n) is 10.1. The quantitative estimate of drug-likeness (QED) is 0.345. The van der Waals surface area contributed by atoms with E-state index in [9.17, 15) is 19.5 Å². The third-order valence-electron chi connectivity index (χ3n) is 11.2. The summed E-state index contributed by atoms with van der Waals surface area (Å²) in [5.41, 5.74) is -3.67. The molecule has 10 heteroatoms. The number of rotatable bonds is 2. The third-order valence-corrected chi connectivity index (χ3v) is 11.2. The fraction of sp³-hybridized carbons (Fsp3) is 0.750. The predicted octanol–water partition coefficient (Wildman–Crippen LogP) is 2.47. The molecule has 11 atom stereocenters. The Morgan fingerprint density at radius 1 is 1.13 bits per heavy atom. The first-order valence-corrected chi connectivity index (χ1v) is 13.4. The molecule has 2 aliphatic carbocycles. The van der Waals surface area contributed by atoms with Gasteiger partial charge in [-0.1, -0.05) is 13.8 Å². The second-order valence-corrected chi connectivity index (χ2v) is 13.1. The summed E-state index contributed by atoms with van der Waals surface area (Å²) >= 11 is 0. The van der Waals surface area contributed by atoms with Crippen molar-refractivity contribution in [2.45, 2.75) is 95.6 Å². The van der Waals surface area contributed by atoms with Gasteiger partial charge in [0.15, 0.2) is 6.10 Å². The number of furan rings is 1. The number of cyclic esters (lactones) is 2. The number of epoxide rings is 1. The van der Waals surface area contributed by atoms with Gasteiger partial charge in [-0.05, 0) is 38.7 Å². The Balaban J connectivity index is 1.46. The molecule has 2 saturated carbocycles. The summed E-state index contributed by atoms with van der Waals surface area (Å²) < 4.78 is 36.1. The molecule has 11 unspecified atom stereocenters. The SMILES string of the molecule is CC(=O)OC1C(O)C2C(C)(C)OC3CC(=O)OCC32C2CCC3(C)C(c4ccoc4)OC(=O)C4OC43C12C. The molecule has 5 heterocycles. The van der Waals surface area contributed by atoms with Crippen LogP contribution in [0.2, 0.25) is 0 Å². The minimum Gasteiger partial charge on any atom is -0.472 e. The van der Waals surface area contributed by atoms with Gasteiger partial charge >= 0.3 is 17.9 Å². The van der Waals surface area contributed by atoms with Crippen molar-refractivity contribution in [2.24, 2.45) is 28.1 Å². The van der Waals surface area contributed by atoms with E-state index in [0.29, 0.717) is 12.8 Å². The molecule has 0 bridgehead atoms. The summed E-state index contributed by atoms with van der Waals surface area (Å²) in [6.45, 7) is 9.25. The topological polar surface area (TPSA) is 134 Å². The Hall–Kier alpha value is -2.43. The molecular weight excluding hydrogens is 496 g/mol. The van der Waals surface area contributed by atoms with Crippen LogP contribution in [0.5, 0.6) is 0 Å². The first-order chi connectivity index (χ1) is 17.8. The van der Waals surface area contributed by atoms with Gasteiger partial charge in [0, 0.05) is 34.7 Å². The second-order valence-electron chi connectivity index (χ2n) is 13.1. The van der Waals surface area contributed by atoms with Gasteiger partial charge in [0.05, 0.1) is 36.8 Å². The second kappa shape index (κ2) is 7.20. The van der Waals surface area contributed by atoms with E-state index in [1.807, 2.05) is 27.7 Å². The highest BCUT2D eigenvalue weighted by atomic mass is 16.7. The van der Waals surface area contributed by atoms with Crippen LogP contribution in [0.1, 0.15) is 65.5 Å². The lowest BCUT2D eigenvalue weighted by Gasteiger charge is -2.68. The number of esters is 3. The van der Waals surface area contributed by atoms with E-state index in [2.05, 4.69) is 0 Å². The molecule has 0 aromatic carbocycles. The fourth-order valence-corrected chi connectivity index (χ4v) is 10.1. The van der Waals surface area contributed by atoms with Crippen molar-refractivity contribution >= 4 is 17.9 Å². The first kappa shape index (κ1) is 24.6. The van der Waals surface area contributed by atoms with E-state index in [1.165, 1.54) is 6.92 Å². The number of aliphatic hydroxyl groups is 1. The molecule has 6 aliphatic rings. The van der Waals surface area contributed by atoms with Crippen LogP contribution in [-0.2, 0) is 38.1 Å². The molecule has 4 saturated heterocycles. The van der Waals surface area contributed by atoms with Crippen LogP contribution < -0.4 is 0 Å². The molecule has 7 rings (SSSR count).